The van der Waals surface area contributed by atoms with Crippen LogP contribution in [0.1, 0.15) is 32.1 Å². The zero-order valence-corrected chi connectivity index (χ0v) is 12.6. The summed E-state index contributed by atoms with van der Waals surface area (Å²) in [5.74, 6) is 1.93. The Hall–Kier alpha value is -2.06. The third-order valence-corrected chi connectivity index (χ3v) is 3.81. The molecule has 0 spiro atoms. The molecule has 3 rings (SSSR count). The van der Waals surface area contributed by atoms with Gasteiger partial charge in [0.05, 0.1) is 6.04 Å². The molecule has 1 N–H and O–H groups in total. The fourth-order valence-corrected chi connectivity index (χ4v) is 2.63. The van der Waals surface area contributed by atoms with Crippen LogP contribution < -0.4 is 5.32 Å². The van der Waals surface area contributed by atoms with Gasteiger partial charge in [-0.25, -0.2) is 0 Å². The van der Waals surface area contributed by atoms with E-state index in [0.717, 1.165) is 30.0 Å². The molecule has 2 nitrogen and oxygen atoms in total. The third kappa shape index (κ3) is 2.86. The molecule has 2 heteroatoms. The van der Waals surface area contributed by atoms with Crippen LogP contribution in [0.25, 0.3) is 22.1 Å². The van der Waals surface area contributed by atoms with E-state index in [9.17, 15) is 0 Å². The van der Waals surface area contributed by atoms with E-state index < -0.39 is 0 Å². The summed E-state index contributed by atoms with van der Waals surface area (Å²) < 4.78 is 6.07. The standard InChI is InChI=1S/C19H21NO/c1-3-13-20-14(2)18-11-12-19(21-18)17-10-6-8-15-7-4-5-9-16(15)17/h4-12,14,20H,3,13H2,1-2H3. The molecule has 1 heterocycles. The molecular formula is C19H21NO. The van der Waals surface area contributed by atoms with Crippen molar-refractivity contribution in [2.75, 3.05) is 6.54 Å². The van der Waals surface area contributed by atoms with Gasteiger partial charge in [-0.05, 0) is 42.8 Å². The van der Waals surface area contributed by atoms with Crippen molar-refractivity contribution in [3.05, 3.63) is 60.4 Å². The maximum absolute atomic E-state index is 6.07. The predicted molar refractivity (Wildman–Crippen MR) is 88.4 cm³/mol. The second-order valence-electron chi connectivity index (χ2n) is 5.40. The van der Waals surface area contributed by atoms with Crippen molar-refractivity contribution in [2.45, 2.75) is 26.3 Å². The second kappa shape index (κ2) is 6.15. The molecule has 0 saturated heterocycles. The summed E-state index contributed by atoms with van der Waals surface area (Å²) in [5.41, 5.74) is 1.15. The molecule has 0 aliphatic rings. The van der Waals surface area contributed by atoms with Gasteiger partial charge in [-0.15, -0.1) is 0 Å². The van der Waals surface area contributed by atoms with E-state index in [0.29, 0.717) is 0 Å². The van der Waals surface area contributed by atoms with Gasteiger partial charge in [0.15, 0.2) is 0 Å². The maximum atomic E-state index is 6.07. The summed E-state index contributed by atoms with van der Waals surface area (Å²) >= 11 is 0. The summed E-state index contributed by atoms with van der Waals surface area (Å²) in [5, 5.41) is 5.93. The fraction of sp³-hybridized carbons (Fsp3) is 0.263. The van der Waals surface area contributed by atoms with Crippen LogP contribution in [0.15, 0.2) is 59.0 Å². The Kier molecular flexibility index (Phi) is 4.07. The molecule has 1 unspecified atom stereocenters. The van der Waals surface area contributed by atoms with Gasteiger partial charge in [-0.2, -0.15) is 0 Å². The smallest absolute Gasteiger partial charge is 0.134 e. The van der Waals surface area contributed by atoms with Crippen molar-refractivity contribution in [2.24, 2.45) is 0 Å². The Bertz CT molecular complexity index is 724. The minimum absolute atomic E-state index is 0.244. The highest BCUT2D eigenvalue weighted by molar-refractivity contribution is 5.95. The van der Waals surface area contributed by atoms with Crippen LogP contribution in [-0.4, -0.2) is 6.54 Å². The SMILES string of the molecule is CCCNC(C)c1ccc(-c2cccc3ccccc23)o1. The molecule has 3 aromatic rings. The predicted octanol–water partition coefficient (Wildman–Crippen LogP) is 5.16. The lowest BCUT2D eigenvalue weighted by atomic mass is 10.0. The van der Waals surface area contributed by atoms with E-state index in [1.807, 2.05) is 0 Å². The molecule has 0 aliphatic carbocycles. The van der Waals surface area contributed by atoms with Crippen molar-refractivity contribution in [3.8, 4) is 11.3 Å². The first-order chi connectivity index (χ1) is 10.3. The van der Waals surface area contributed by atoms with Crippen molar-refractivity contribution in [1.29, 1.82) is 0 Å². The number of rotatable bonds is 5. The van der Waals surface area contributed by atoms with Gasteiger partial charge in [0.2, 0.25) is 0 Å². The van der Waals surface area contributed by atoms with E-state index in [1.165, 1.54) is 10.8 Å². The largest absolute Gasteiger partial charge is 0.459 e. The van der Waals surface area contributed by atoms with E-state index in [1.54, 1.807) is 0 Å². The van der Waals surface area contributed by atoms with Gasteiger partial charge in [0.25, 0.3) is 0 Å². The van der Waals surface area contributed by atoms with E-state index in [-0.39, 0.29) is 6.04 Å². The number of furan rings is 1. The van der Waals surface area contributed by atoms with Crippen LogP contribution in [0.3, 0.4) is 0 Å². The molecule has 0 aliphatic heterocycles. The van der Waals surface area contributed by atoms with Gasteiger partial charge in [0, 0.05) is 5.56 Å². The lowest BCUT2D eigenvalue weighted by Gasteiger charge is -2.10. The summed E-state index contributed by atoms with van der Waals surface area (Å²) in [6.07, 6.45) is 1.13. The summed E-state index contributed by atoms with van der Waals surface area (Å²) in [7, 11) is 0. The van der Waals surface area contributed by atoms with E-state index in [4.69, 9.17) is 4.42 Å². The van der Waals surface area contributed by atoms with Gasteiger partial charge < -0.3 is 9.73 Å². The highest BCUT2D eigenvalue weighted by Gasteiger charge is 2.12. The molecule has 21 heavy (non-hydrogen) atoms. The van der Waals surface area contributed by atoms with Crippen LogP contribution in [0, 0.1) is 0 Å². The summed E-state index contributed by atoms with van der Waals surface area (Å²) in [6, 6.07) is 19.1. The highest BCUT2D eigenvalue weighted by Crippen LogP contribution is 2.31. The zero-order chi connectivity index (χ0) is 14.7. The molecule has 1 aromatic heterocycles. The Labute approximate surface area is 125 Å². The van der Waals surface area contributed by atoms with E-state index in [2.05, 4.69) is 73.8 Å². The number of hydrogen-bond donors (Lipinski definition) is 1. The minimum atomic E-state index is 0.244. The van der Waals surface area contributed by atoms with Crippen LogP contribution >= 0.6 is 0 Å². The first kappa shape index (κ1) is 13.9. The van der Waals surface area contributed by atoms with Crippen molar-refractivity contribution in [1.82, 2.24) is 5.32 Å². The molecule has 0 radical (unpaired) electrons. The van der Waals surface area contributed by atoms with Crippen molar-refractivity contribution < 1.29 is 4.42 Å². The lowest BCUT2D eigenvalue weighted by Crippen LogP contribution is -2.18. The van der Waals surface area contributed by atoms with Gasteiger partial charge >= 0.3 is 0 Å². The lowest BCUT2D eigenvalue weighted by molar-refractivity contribution is 0.439. The third-order valence-electron chi connectivity index (χ3n) is 3.81. The molecule has 108 valence electrons. The summed E-state index contributed by atoms with van der Waals surface area (Å²) in [6.45, 7) is 5.32. The Morgan fingerprint density at radius 2 is 1.81 bits per heavy atom. The zero-order valence-electron chi connectivity index (χ0n) is 12.6. The Balaban J connectivity index is 1.95. The van der Waals surface area contributed by atoms with Crippen LogP contribution in [0.4, 0.5) is 0 Å². The van der Waals surface area contributed by atoms with Gasteiger partial charge in [0.1, 0.15) is 11.5 Å². The van der Waals surface area contributed by atoms with Crippen LogP contribution in [0.2, 0.25) is 0 Å². The number of nitrogens with one attached hydrogen (secondary N) is 1. The van der Waals surface area contributed by atoms with E-state index >= 15 is 0 Å². The molecule has 2 aromatic carbocycles. The average molecular weight is 279 g/mol. The first-order valence-electron chi connectivity index (χ1n) is 7.61. The van der Waals surface area contributed by atoms with Crippen LogP contribution in [0.5, 0.6) is 0 Å². The highest BCUT2D eigenvalue weighted by atomic mass is 16.3. The molecule has 0 fully saturated rings. The molecule has 0 amide bonds. The maximum Gasteiger partial charge on any atom is 0.134 e. The molecule has 1 atom stereocenters. The van der Waals surface area contributed by atoms with Crippen molar-refractivity contribution >= 4 is 10.8 Å². The summed E-state index contributed by atoms with van der Waals surface area (Å²) in [4.78, 5) is 0. The number of fused-ring (bicyclic) bond motifs is 1. The molecular weight excluding hydrogens is 258 g/mol. The topological polar surface area (TPSA) is 25.2 Å². The molecule has 0 bridgehead atoms. The number of hydrogen-bond acceptors (Lipinski definition) is 2. The second-order valence-corrected chi connectivity index (χ2v) is 5.40. The Morgan fingerprint density at radius 1 is 1.00 bits per heavy atom. The van der Waals surface area contributed by atoms with Gasteiger partial charge in [-0.3, -0.25) is 0 Å². The minimum Gasteiger partial charge on any atom is -0.459 e. The van der Waals surface area contributed by atoms with Crippen LogP contribution in [-0.2, 0) is 0 Å². The normalized spacial score (nSPS) is 12.7. The first-order valence-corrected chi connectivity index (χ1v) is 7.61. The monoisotopic (exact) mass is 279 g/mol. The fourth-order valence-electron chi connectivity index (χ4n) is 2.63. The number of benzene rings is 2. The van der Waals surface area contributed by atoms with Crippen molar-refractivity contribution in [3.63, 3.8) is 0 Å². The average Bonchev–Trinajstić information content (AvgIpc) is 3.02. The Morgan fingerprint density at radius 3 is 2.67 bits per heavy atom. The molecule has 0 saturated carbocycles. The quantitative estimate of drug-likeness (QED) is 0.697. The van der Waals surface area contributed by atoms with Gasteiger partial charge in [-0.1, -0.05) is 49.4 Å².